The Kier molecular flexibility index (Phi) is 6.45. The van der Waals surface area contributed by atoms with Gasteiger partial charge in [-0.3, -0.25) is 14.9 Å². The lowest BCUT2D eigenvalue weighted by atomic mass is 10.2. The molecule has 1 amide bonds. The van der Waals surface area contributed by atoms with Crippen LogP contribution in [0.2, 0.25) is 0 Å². The first-order chi connectivity index (χ1) is 13.9. The fourth-order valence-electron chi connectivity index (χ4n) is 2.37. The van der Waals surface area contributed by atoms with Crippen molar-refractivity contribution < 1.29 is 18.9 Å². The summed E-state index contributed by atoms with van der Waals surface area (Å²) in [7, 11) is 1.60. The highest BCUT2D eigenvalue weighted by Gasteiger charge is 2.15. The lowest BCUT2D eigenvalue weighted by Crippen LogP contribution is -2.27. The Balaban J connectivity index is 1.50. The highest BCUT2D eigenvalue weighted by Crippen LogP contribution is 2.22. The van der Waals surface area contributed by atoms with Crippen LogP contribution >= 0.6 is 11.8 Å². The van der Waals surface area contributed by atoms with Gasteiger partial charge >= 0.3 is 0 Å². The Hall–Kier alpha value is -3.40. The Morgan fingerprint density at radius 1 is 1.24 bits per heavy atom. The van der Waals surface area contributed by atoms with Gasteiger partial charge in [-0.25, -0.2) is 0 Å². The van der Waals surface area contributed by atoms with E-state index in [-0.39, 0.29) is 29.2 Å². The first kappa shape index (κ1) is 20.3. The second-order valence-corrected chi connectivity index (χ2v) is 7.01. The van der Waals surface area contributed by atoms with Crippen molar-refractivity contribution in [1.29, 1.82) is 0 Å². The smallest absolute Gasteiger partial charge is 0.277 e. The highest BCUT2D eigenvalue weighted by molar-refractivity contribution is 7.99. The first-order valence-corrected chi connectivity index (χ1v) is 9.56. The van der Waals surface area contributed by atoms with E-state index < -0.39 is 4.92 Å². The average Bonchev–Trinajstić information content (AvgIpc) is 3.18. The van der Waals surface area contributed by atoms with Gasteiger partial charge < -0.3 is 14.1 Å². The summed E-state index contributed by atoms with van der Waals surface area (Å²) in [5.41, 5.74) is 1.61. The van der Waals surface area contributed by atoms with Crippen LogP contribution in [-0.4, -0.2) is 33.8 Å². The Morgan fingerprint density at radius 3 is 2.69 bits per heavy atom. The molecule has 29 heavy (non-hydrogen) atoms. The zero-order valence-corrected chi connectivity index (χ0v) is 16.6. The van der Waals surface area contributed by atoms with Crippen LogP contribution in [0.15, 0.2) is 58.2 Å². The number of nitro groups is 1. The number of amides is 1. The zero-order chi connectivity index (χ0) is 20.8. The third-order valence-electron chi connectivity index (χ3n) is 3.94. The van der Waals surface area contributed by atoms with Crippen molar-refractivity contribution in [1.82, 2.24) is 10.2 Å². The largest absolute Gasteiger partial charge is 0.484 e. The molecule has 1 heterocycles. The van der Waals surface area contributed by atoms with Crippen molar-refractivity contribution in [2.75, 3.05) is 17.7 Å². The van der Waals surface area contributed by atoms with Crippen molar-refractivity contribution in [3.05, 3.63) is 70.1 Å². The van der Waals surface area contributed by atoms with Crippen molar-refractivity contribution >= 4 is 29.0 Å². The fraction of sp³-hybridized carbons (Fsp3) is 0.211. The van der Waals surface area contributed by atoms with Gasteiger partial charge in [0.15, 0.2) is 6.61 Å². The van der Waals surface area contributed by atoms with Crippen molar-refractivity contribution in [2.24, 2.45) is 0 Å². The molecule has 0 spiro atoms. The molecule has 0 atom stereocenters. The summed E-state index contributed by atoms with van der Waals surface area (Å²) in [5.74, 6) is 0.885. The maximum Gasteiger partial charge on any atom is 0.277 e. The van der Waals surface area contributed by atoms with Crippen LogP contribution in [0.5, 0.6) is 5.75 Å². The molecule has 0 aliphatic heterocycles. The summed E-state index contributed by atoms with van der Waals surface area (Å²) in [5, 5.41) is 18.8. The van der Waals surface area contributed by atoms with E-state index in [2.05, 4.69) is 10.2 Å². The monoisotopic (exact) mass is 414 g/mol. The van der Waals surface area contributed by atoms with Gasteiger partial charge in [-0.1, -0.05) is 23.9 Å². The van der Waals surface area contributed by atoms with Crippen LogP contribution in [0.4, 0.5) is 11.4 Å². The lowest BCUT2D eigenvalue weighted by molar-refractivity contribution is -0.384. The van der Waals surface area contributed by atoms with E-state index in [4.69, 9.17) is 9.15 Å². The van der Waals surface area contributed by atoms with Crippen LogP contribution in [-0.2, 0) is 11.4 Å². The number of nitrogens with zero attached hydrogens (tertiary/aromatic N) is 4. The predicted octanol–water partition coefficient (Wildman–Crippen LogP) is 3.62. The Bertz CT molecular complexity index is 1010. The van der Waals surface area contributed by atoms with E-state index in [1.807, 2.05) is 31.2 Å². The van der Waals surface area contributed by atoms with E-state index in [0.717, 1.165) is 17.3 Å². The predicted molar refractivity (Wildman–Crippen MR) is 107 cm³/mol. The van der Waals surface area contributed by atoms with E-state index in [9.17, 15) is 14.9 Å². The van der Waals surface area contributed by atoms with E-state index in [1.54, 1.807) is 7.05 Å². The van der Waals surface area contributed by atoms with Gasteiger partial charge in [-0.05, 0) is 36.8 Å². The van der Waals surface area contributed by atoms with E-state index in [0.29, 0.717) is 17.3 Å². The maximum absolute atomic E-state index is 12.3. The van der Waals surface area contributed by atoms with Gasteiger partial charge in [0, 0.05) is 24.9 Å². The highest BCUT2D eigenvalue weighted by atomic mass is 32.2. The number of benzene rings is 2. The Labute approximate surface area is 170 Å². The number of carbonyl (C=O) groups is 1. The molecular weight excluding hydrogens is 396 g/mol. The zero-order valence-electron chi connectivity index (χ0n) is 15.8. The number of aryl methyl sites for hydroxylation is 1. The molecule has 9 nitrogen and oxygen atoms in total. The molecule has 0 aliphatic rings. The molecule has 0 unspecified atom stereocenters. The second kappa shape index (κ2) is 9.20. The number of non-ortho nitro benzene ring substituents is 1. The average molecular weight is 414 g/mol. The molecule has 3 aromatic rings. The minimum atomic E-state index is -0.489. The minimum absolute atomic E-state index is 0.0322. The first-order valence-electron chi connectivity index (χ1n) is 8.58. The SMILES string of the molecule is Cc1cccc(OCc2nnc(SCC(=O)N(C)c3ccc([N+](=O)[O-])cc3)o2)c1. The molecule has 3 rings (SSSR count). The lowest BCUT2D eigenvalue weighted by Gasteiger charge is -2.16. The molecule has 0 bridgehead atoms. The van der Waals surface area contributed by atoms with Crippen LogP contribution in [0.1, 0.15) is 11.5 Å². The molecule has 0 saturated heterocycles. The molecular formula is C19H18N4O5S. The third-order valence-corrected chi connectivity index (χ3v) is 4.74. The van der Waals surface area contributed by atoms with E-state index in [1.165, 1.54) is 29.2 Å². The summed E-state index contributed by atoms with van der Waals surface area (Å²) >= 11 is 1.11. The van der Waals surface area contributed by atoms with Gasteiger partial charge in [0.1, 0.15) is 5.75 Å². The number of hydrogen-bond donors (Lipinski definition) is 0. The summed E-state index contributed by atoms with van der Waals surface area (Å²) in [6.07, 6.45) is 0. The van der Waals surface area contributed by atoms with Crippen molar-refractivity contribution in [2.45, 2.75) is 18.8 Å². The van der Waals surface area contributed by atoms with Gasteiger partial charge in [0.05, 0.1) is 10.7 Å². The van der Waals surface area contributed by atoms with Gasteiger partial charge in [0.25, 0.3) is 16.8 Å². The molecule has 1 aromatic heterocycles. The standard InChI is InChI=1S/C19H18N4O5S/c1-13-4-3-5-16(10-13)27-11-17-20-21-19(28-17)29-12-18(24)22(2)14-6-8-15(9-7-14)23(25)26/h3-10H,11-12H2,1-2H3. The van der Waals surface area contributed by atoms with Crippen molar-refractivity contribution in [3.63, 3.8) is 0 Å². The maximum atomic E-state index is 12.3. The second-order valence-electron chi connectivity index (χ2n) is 6.08. The summed E-state index contributed by atoms with van der Waals surface area (Å²) in [6, 6.07) is 13.4. The van der Waals surface area contributed by atoms with Gasteiger partial charge in [0.2, 0.25) is 5.91 Å². The molecule has 0 fully saturated rings. The summed E-state index contributed by atoms with van der Waals surface area (Å²) in [4.78, 5) is 24.0. The number of ether oxygens (including phenoxy) is 1. The summed E-state index contributed by atoms with van der Waals surface area (Å²) in [6.45, 7) is 2.10. The van der Waals surface area contributed by atoms with Crippen LogP contribution < -0.4 is 9.64 Å². The topological polar surface area (TPSA) is 112 Å². The minimum Gasteiger partial charge on any atom is -0.484 e. The molecule has 150 valence electrons. The van der Waals surface area contributed by atoms with Crippen LogP contribution in [0.25, 0.3) is 0 Å². The number of nitro benzene ring substituents is 1. The molecule has 0 radical (unpaired) electrons. The molecule has 2 aromatic carbocycles. The number of anilines is 1. The van der Waals surface area contributed by atoms with Crippen LogP contribution in [0, 0.1) is 17.0 Å². The number of rotatable bonds is 8. The van der Waals surface area contributed by atoms with Gasteiger partial charge in [-0.15, -0.1) is 10.2 Å². The Morgan fingerprint density at radius 2 is 2.00 bits per heavy atom. The van der Waals surface area contributed by atoms with E-state index >= 15 is 0 Å². The number of carbonyl (C=O) groups excluding carboxylic acids is 1. The van der Waals surface area contributed by atoms with Crippen molar-refractivity contribution in [3.8, 4) is 5.75 Å². The summed E-state index contributed by atoms with van der Waals surface area (Å²) < 4.78 is 11.1. The molecule has 0 N–H and O–H groups in total. The molecule has 0 aliphatic carbocycles. The van der Waals surface area contributed by atoms with Gasteiger partial charge in [-0.2, -0.15) is 0 Å². The quantitative estimate of drug-likeness (QED) is 0.312. The number of hydrogen-bond acceptors (Lipinski definition) is 8. The molecule has 0 saturated carbocycles. The van der Waals surface area contributed by atoms with Crippen LogP contribution in [0.3, 0.4) is 0 Å². The fourth-order valence-corrected chi connectivity index (χ4v) is 3.06. The third kappa shape index (κ3) is 5.55. The normalized spacial score (nSPS) is 10.6. The number of thioether (sulfide) groups is 1. The molecule has 10 heteroatoms. The number of aromatic nitrogens is 2.